The average Bonchev–Trinajstić information content (AvgIpc) is 2.80. The largest absolute Gasteiger partial charge is 0.488 e. The van der Waals surface area contributed by atoms with E-state index in [0.29, 0.717) is 11.5 Å². The molecule has 0 aliphatic carbocycles. The number of benzene rings is 1. The Morgan fingerprint density at radius 3 is 2.78 bits per heavy atom. The molecule has 122 valence electrons. The van der Waals surface area contributed by atoms with Gasteiger partial charge in [0.1, 0.15) is 12.4 Å². The maximum Gasteiger partial charge on any atom is 0.293 e. The summed E-state index contributed by atoms with van der Waals surface area (Å²) in [7, 11) is 0. The molecule has 23 heavy (non-hydrogen) atoms. The highest BCUT2D eigenvalue weighted by Crippen LogP contribution is 2.34. The molecular formula is C17H18INO3S. The zero-order valence-corrected chi connectivity index (χ0v) is 16.0. The highest BCUT2D eigenvalue weighted by molar-refractivity contribution is 14.1. The summed E-state index contributed by atoms with van der Waals surface area (Å²) in [5, 5.41) is -0.198. The molecule has 1 heterocycles. The second kappa shape index (κ2) is 8.01. The molecule has 0 spiro atoms. The van der Waals surface area contributed by atoms with Crippen molar-refractivity contribution in [2.45, 2.75) is 26.3 Å². The topological polar surface area (TPSA) is 46.6 Å². The molecule has 1 fully saturated rings. The van der Waals surface area contributed by atoms with Gasteiger partial charge in [-0.3, -0.25) is 14.5 Å². The van der Waals surface area contributed by atoms with E-state index in [1.165, 1.54) is 4.90 Å². The van der Waals surface area contributed by atoms with E-state index < -0.39 is 0 Å². The van der Waals surface area contributed by atoms with Crippen LogP contribution in [-0.2, 0) is 4.79 Å². The molecule has 1 aromatic carbocycles. The van der Waals surface area contributed by atoms with Gasteiger partial charge < -0.3 is 4.74 Å². The lowest BCUT2D eigenvalue weighted by Crippen LogP contribution is -2.36. The highest BCUT2D eigenvalue weighted by atomic mass is 127. The third-order valence-corrected chi connectivity index (χ3v) is 5.19. The summed E-state index contributed by atoms with van der Waals surface area (Å²) in [6.07, 6.45) is 4.19. The lowest BCUT2D eigenvalue weighted by Gasteiger charge is -2.19. The van der Waals surface area contributed by atoms with E-state index in [-0.39, 0.29) is 17.2 Å². The number of hydrogen-bond donors (Lipinski definition) is 0. The third-order valence-electron chi connectivity index (χ3n) is 3.47. The van der Waals surface area contributed by atoms with Crippen LogP contribution < -0.4 is 4.74 Å². The van der Waals surface area contributed by atoms with Crippen molar-refractivity contribution in [2.75, 3.05) is 6.61 Å². The fourth-order valence-corrected chi connectivity index (χ4v) is 3.69. The van der Waals surface area contributed by atoms with Crippen LogP contribution in [0.15, 0.2) is 35.8 Å². The molecule has 0 radical (unpaired) electrons. The van der Waals surface area contributed by atoms with Crippen molar-refractivity contribution in [1.29, 1.82) is 0 Å². The number of imide groups is 1. The summed E-state index contributed by atoms with van der Waals surface area (Å²) in [6.45, 7) is 7.91. The molecule has 0 N–H and O–H groups in total. The molecule has 0 unspecified atom stereocenters. The summed E-state index contributed by atoms with van der Waals surface area (Å²) in [6, 6.07) is 5.58. The summed E-state index contributed by atoms with van der Waals surface area (Å²) in [5.74, 6) is 0.562. The Morgan fingerprint density at radius 2 is 2.17 bits per heavy atom. The smallest absolute Gasteiger partial charge is 0.293 e. The molecular weight excluding hydrogens is 425 g/mol. The Morgan fingerprint density at radius 1 is 1.43 bits per heavy atom. The first-order valence-electron chi connectivity index (χ1n) is 7.28. The molecule has 4 nitrogen and oxygen atoms in total. The number of hydrogen-bond acceptors (Lipinski definition) is 4. The Balaban J connectivity index is 2.22. The molecule has 1 saturated heterocycles. The van der Waals surface area contributed by atoms with Crippen LogP contribution in [0, 0.1) is 3.57 Å². The third kappa shape index (κ3) is 4.17. The fraction of sp³-hybridized carbons (Fsp3) is 0.294. The minimum absolute atomic E-state index is 0.0804. The molecule has 1 aromatic rings. The van der Waals surface area contributed by atoms with E-state index >= 15 is 0 Å². The SMILES string of the molecule is C=CCOc1ccc(/C=C2/SC(=O)N([C@@H](C)CC)C2=O)cc1I. The van der Waals surface area contributed by atoms with Gasteiger partial charge in [-0.1, -0.05) is 25.6 Å². The number of thioether (sulfide) groups is 1. The van der Waals surface area contributed by atoms with Gasteiger partial charge in [-0.15, -0.1) is 0 Å². The Bertz CT molecular complexity index is 672. The lowest BCUT2D eigenvalue weighted by molar-refractivity contribution is -0.124. The van der Waals surface area contributed by atoms with E-state index in [0.717, 1.165) is 33.1 Å². The second-order valence-corrected chi connectivity index (χ2v) is 7.25. The van der Waals surface area contributed by atoms with Crippen molar-refractivity contribution >= 4 is 51.6 Å². The van der Waals surface area contributed by atoms with E-state index in [9.17, 15) is 9.59 Å². The quantitative estimate of drug-likeness (QED) is 0.364. The zero-order chi connectivity index (χ0) is 17.0. The van der Waals surface area contributed by atoms with Gasteiger partial charge in [0, 0.05) is 6.04 Å². The van der Waals surface area contributed by atoms with Gasteiger partial charge in [-0.25, -0.2) is 0 Å². The molecule has 2 rings (SSSR count). The number of carbonyl (C=O) groups is 2. The number of carbonyl (C=O) groups excluding carboxylic acids is 2. The average molecular weight is 443 g/mol. The standard InChI is InChI=1S/C17H18INO3S/c1-4-8-22-14-7-6-12(9-13(14)18)10-15-16(20)19(11(3)5-2)17(21)23-15/h4,6-7,9-11H,1,5,8H2,2-3H3/b15-10+/t11-/m0/s1. The first-order valence-corrected chi connectivity index (χ1v) is 9.17. The summed E-state index contributed by atoms with van der Waals surface area (Å²) in [4.78, 5) is 26.2. The first kappa shape index (κ1) is 18.1. The van der Waals surface area contributed by atoms with Crippen LogP contribution in [0.5, 0.6) is 5.75 Å². The van der Waals surface area contributed by atoms with Crippen LogP contribution in [0.3, 0.4) is 0 Å². The van der Waals surface area contributed by atoms with Crippen LogP contribution in [0.4, 0.5) is 4.79 Å². The van der Waals surface area contributed by atoms with Crippen molar-refractivity contribution in [1.82, 2.24) is 4.90 Å². The van der Waals surface area contributed by atoms with Crippen LogP contribution in [0.25, 0.3) is 6.08 Å². The van der Waals surface area contributed by atoms with Gasteiger partial charge >= 0.3 is 0 Å². The Labute approximate surface area is 154 Å². The Hall–Kier alpha value is -1.28. The Kier molecular flexibility index (Phi) is 6.29. The second-order valence-electron chi connectivity index (χ2n) is 5.10. The van der Waals surface area contributed by atoms with Gasteiger partial charge in [0.05, 0.1) is 8.48 Å². The van der Waals surface area contributed by atoms with Crippen LogP contribution >= 0.6 is 34.4 Å². The normalized spacial score (nSPS) is 17.7. The van der Waals surface area contributed by atoms with Crippen molar-refractivity contribution in [3.8, 4) is 5.75 Å². The molecule has 0 aromatic heterocycles. The van der Waals surface area contributed by atoms with Crippen molar-refractivity contribution in [3.63, 3.8) is 0 Å². The minimum Gasteiger partial charge on any atom is -0.488 e. The summed E-state index contributed by atoms with van der Waals surface area (Å²) >= 11 is 3.18. The van der Waals surface area contributed by atoms with E-state index in [2.05, 4.69) is 29.2 Å². The molecule has 1 aliphatic heterocycles. The fourth-order valence-electron chi connectivity index (χ4n) is 2.07. The number of ether oxygens (including phenoxy) is 1. The predicted octanol–water partition coefficient (Wildman–Crippen LogP) is 4.69. The molecule has 1 atom stereocenters. The van der Waals surface area contributed by atoms with Gasteiger partial charge in [0.15, 0.2) is 0 Å². The van der Waals surface area contributed by atoms with Gasteiger partial charge in [0.2, 0.25) is 0 Å². The molecule has 0 bridgehead atoms. The van der Waals surface area contributed by atoms with Crippen molar-refractivity contribution in [3.05, 3.63) is 44.9 Å². The zero-order valence-electron chi connectivity index (χ0n) is 13.0. The van der Waals surface area contributed by atoms with Crippen LogP contribution in [0.2, 0.25) is 0 Å². The van der Waals surface area contributed by atoms with Crippen LogP contribution in [-0.4, -0.2) is 28.7 Å². The van der Waals surface area contributed by atoms with Gasteiger partial charge in [-0.05, 0) is 71.5 Å². The molecule has 2 amide bonds. The molecule has 1 aliphatic rings. The van der Waals surface area contributed by atoms with Gasteiger partial charge in [0.25, 0.3) is 11.1 Å². The van der Waals surface area contributed by atoms with Crippen molar-refractivity contribution < 1.29 is 14.3 Å². The molecule has 0 saturated carbocycles. The number of rotatable bonds is 6. The van der Waals surface area contributed by atoms with Gasteiger partial charge in [-0.2, -0.15) is 0 Å². The van der Waals surface area contributed by atoms with Crippen LogP contribution in [0.1, 0.15) is 25.8 Å². The molecule has 6 heteroatoms. The van der Waals surface area contributed by atoms with Crippen molar-refractivity contribution in [2.24, 2.45) is 0 Å². The number of nitrogens with zero attached hydrogens (tertiary/aromatic N) is 1. The maximum atomic E-state index is 12.4. The summed E-state index contributed by atoms with van der Waals surface area (Å²) < 4.78 is 6.48. The lowest BCUT2D eigenvalue weighted by atomic mass is 10.2. The number of halogens is 1. The number of amides is 2. The predicted molar refractivity (Wildman–Crippen MR) is 102 cm³/mol. The van der Waals surface area contributed by atoms with E-state index in [4.69, 9.17) is 4.74 Å². The summed E-state index contributed by atoms with van der Waals surface area (Å²) in [5.41, 5.74) is 0.870. The minimum atomic E-state index is -0.212. The highest BCUT2D eigenvalue weighted by Gasteiger charge is 2.37. The van der Waals surface area contributed by atoms with E-state index in [1.54, 1.807) is 12.2 Å². The monoisotopic (exact) mass is 443 g/mol. The maximum absolute atomic E-state index is 12.4. The van der Waals surface area contributed by atoms with E-state index in [1.807, 2.05) is 32.0 Å². The first-order chi connectivity index (χ1) is 11.0.